The molecule has 2 atom stereocenters. The van der Waals surface area contributed by atoms with Crippen molar-refractivity contribution in [1.29, 1.82) is 0 Å². The van der Waals surface area contributed by atoms with Crippen LogP contribution < -0.4 is 11.1 Å². The van der Waals surface area contributed by atoms with Gasteiger partial charge in [0.2, 0.25) is 0 Å². The first-order valence-corrected chi connectivity index (χ1v) is 6.11. The lowest BCUT2D eigenvalue weighted by Gasteiger charge is -2.06. The standard InChI is InChI=1S/C14H15N3O/c1-8-6-12(8)17-14(18)13-7-10(15)9-4-2-3-5-11(9)16-13/h2-5,7-8,12H,6H2,1H3,(H2,15,16)(H,17,18). The topological polar surface area (TPSA) is 68.0 Å². The minimum Gasteiger partial charge on any atom is -0.398 e. The second-order valence-electron chi connectivity index (χ2n) is 4.91. The number of nitrogen functional groups attached to an aromatic ring is 1. The molecule has 0 saturated heterocycles. The first-order chi connectivity index (χ1) is 8.65. The number of pyridine rings is 1. The number of carbonyl (C=O) groups excluding carboxylic acids is 1. The minimum atomic E-state index is -0.137. The maximum atomic E-state index is 12.0. The third-order valence-corrected chi connectivity index (χ3v) is 3.41. The fourth-order valence-corrected chi connectivity index (χ4v) is 2.08. The molecule has 18 heavy (non-hydrogen) atoms. The van der Waals surface area contributed by atoms with Gasteiger partial charge in [-0.05, 0) is 24.5 Å². The minimum absolute atomic E-state index is 0.137. The highest BCUT2D eigenvalue weighted by Crippen LogP contribution is 2.29. The Morgan fingerprint density at radius 3 is 2.89 bits per heavy atom. The summed E-state index contributed by atoms with van der Waals surface area (Å²) in [4.78, 5) is 16.4. The van der Waals surface area contributed by atoms with Crippen molar-refractivity contribution >= 4 is 22.5 Å². The molecule has 1 amide bonds. The third-order valence-electron chi connectivity index (χ3n) is 3.41. The molecule has 0 spiro atoms. The molecule has 1 heterocycles. The van der Waals surface area contributed by atoms with E-state index in [-0.39, 0.29) is 5.91 Å². The summed E-state index contributed by atoms with van der Waals surface area (Å²) in [6, 6.07) is 9.51. The van der Waals surface area contributed by atoms with Gasteiger partial charge in [0.1, 0.15) is 5.69 Å². The van der Waals surface area contributed by atoms with Crippen molar-refractivity contribution in [2.45, 2.75) is 19.4 Å². The van der Waals surface area contributed by atoms with Gasteiger partial charge in [0.05, 0.1) is 5.52 Å². The highest BCUT2D eigenvalue weighted by molar-refractivity contribution is 5.99. The van der Waals surface area contributed by atoms with Gasteiger partial charge < -0.3 is 11.1 Å². The molecular weight excluding hydrogens is 226 g/mol. The Labute approximate surface area is 105 Å². The van der Waals surface area contributed by atoms with E-state index in [4.69, 9.17) is 5.73 Å². The number of aromatic nitrogens is 1. The Morgan fingerprint density at radius 1 is 1.44 bits per heavy atom. The number of nitrogens with one attached hydrogen (secondary N) is 1. The fraction of sp³-hybridized carbons (Fsp3) is 0.286. The van der Waals surface area contributed by atoms with Gasteiger partial charge in [-0.15, -0.1) is 0 Å². The molecule has 3 N–H and O–H groups in total. The van der Waals surface area contributed by atoms with Crippen molar-refractivity contribution in [1.82, 2.24) is 10.3 Å². The Morgan fingerprint density at radius 2 is 2.17 bits per heavy atom. The van der Waals surface area contributed by atoms with Gasteiger partial charge in [0.15, 0.2) is 0 Å². The van der Waals surface area contributed by atoms with Crippen LogP contribution >= 0.6 is 0 Å². The van der Waals surface area contributed by atoms with Gasteiger partial charge in [-0.3, -0.25) is 4.79 Å². The van der Waals surface area contributed by atoms with Crippen LogP contribution in [0.4, 0.5) is 5.69 Å². The average molecular weight is 241 g/mol. The first-order valence-electron chi connectivity index (χ1n) is 6.11. The van der Waals surface area contributed by atoms with Crippen LogP contribution in [0.15, 0.2) is 30.3 Å². The van der Waals surface area contributed by atoms with Crippen LogP contribution in [0.1, 0.15) is 23.8 Å². The Bertz CT molecular complexity index is 623. The number of fused-ring (bicyclic) bond motifs is 1. The summed E-state index contributed by atoms with van der Waals surface area (Å²) in [5.74, 6) is 0.438. The summed E-state index contributed by atoms with van der Waals surface area (Å²) in [5, 5.41) is 3.84. The summed E-state index contributed by atoms with van der Waals surface area (Å²) in [5.41, 5.74) is 7.69. The predicted octanol–water partition coefficient (Wildman–Crippen LogP) is 1.96. The summed E-state index contributed by atoms with van der Waals surface area (Å²) >= 11 is 0. The van der Waals surface area contributed by atoms with E-state index in [0.717, 1.165) is 17.3 Å². The van der Waals surface area contributed by atoms with E-state index in [9.17, 15) is 4.79 Å². The largest absolute Gasteiger partial charge is 0.398 e. The Hall–Kier alpha value is -2.10. The van der Waals surface area contributed by atoms with Crippen LogP contribution in [0, 0.1) is 5.92 Å². The zero-order valence-electron chi connectivity index (χ0n) is 10.2. The maximum absolute atomic E-state index is 12.0. The van der Waals surface area contributed by atoms with Crippen LogP contribution in [-0.2, 0) is 0 Å². The van der Waals surface area contributed by atoms with E-state index in [1.54, 1.807) is 6.07 Å². The second kappa shape index (κ2) is 3.98. The Balaban J connectivity index is 1.94. The van der Waals surface area contributed by atoms with Crippen LogP contribution in [0.25, 0.3) is 10.9 Å². The van der Waals surface area contributed by atoms with Crippen LogP contribution in [0.5, 0.6) is 0 Å². The zero-order valence-corrected chi connectivity index (χ0v) is 10.2. The molecular formula is C14H15N3O. The van der Waals surface area contributed by atoms with E-state index < -0.39 is 0 Å². The second-order valence-corrected chi connectivity index (χ2v) is 4.91. The van der Waals surface area contributed by atoms with E-state index in [1.807, 2.05) is 24.3 Å². The molecule has 0 radical (unpaired) electrons. The van der Waals surface area contributed by atoms with Crippen molar-refractivity contribution in [2.75, 3.05) is 5.73 Å². The van der Waals surface area contributed by atoms with Crippen molar-refractivity contribution in [3.8, 4) is 0 Å². The van der Waals surface area contributed by atoms with Crippen LogP contribution in [0.3, 0.4) is 0 Å². The number of carbonyl (C=O) groups is 1. The lowest BCUT2D eigenvalue weighted by molar-refractivity contribution is 0.0945. The maximum Gasteiger partial charge on any atom is 0.270 e. The summed E-state index contributed by atoms with van der Waals surface area (Å²) in [6.07, 6.45) is 1.05. The molecule has 4 heteroatoms. The molecule has 2 aromatic rings. The first kappa shape index (κ1) is 11.0. The van der Waals surface area contributed by atoms with E-state index in [0.29, 0.717) is 23.3 Å². The van der Waals surface area contributed by atoms with E-state index in [2.05, 4.69) is 17.2 Å². The number of nitrogens with two attached hydrogens (primary N) is 1. The fourth-order valence-electron chi connectivity index (χ4n) is 2.08. The van der Waals surface area contributed by atoms with E-state index in [1.165, 1.54) is 0 Å². The molecule has 4 nitrogen and oxygen atoms in total. The molecule has 1 aliphatic rings. The number of anilines is 1. The van der Waals surface area contributed by atoms with E-state index >= 15 is 0 Å². The molecule has 1 saturated carbocycles. The molecule has 2 unspecified atom stereocenters. The Kier molecular flexibility index (Phi) is 2.44. The zero-order chi connectivity index (χ0) is 12.7. The predicted molar refractivity (Wildman–Crippen MR) is 71.2 cm³/mol. The third kappa shape index (κ3) is 1.90. The molecule has 92 valence electrons. The van der Waals surface area contributed by atoms with Gasteiger partial charge in [0, 0.05) is 17.1 Å². The highest BCUT2D eigenvalue weighted by Gasteiger charge is 2.34. The quantitative estimate of drug-likeness (QED) is 0.844. The number of benzene rings is 1. The van der Waals surface area contributed by atoms with Gasteiger partial charge in [-0.2, -0.15) is 0 Å². The normalized spacial score (nSPS) is 21.8. The molecule has 1 aromatic heterocycles. The van der Waals surface area contributed by atoms with Crippen LogP contribution in [0.2, 0.25) is 0 Å². The number of amides is 1. The number of nitrogens with zero attached hydrogens (tertiary/aromatic N) is 1. The SMILES string of the molecule is CC1CC1NC(=O)c1cc(N)c2ccccc2n1. The summed E-state index contributed by atoms with van der Waals surface area (Å²) in [7, 11) is 0. The lowest BCUT2D eigenvalue weighted by atomic mass is 10.1. The van der Waals surface area contributed by atoms with Crippen molar-refractivity contribution in [2.24, 2.45) is 5.92 Å². The van der Waals surface area contributed by atoms with Crippen molar-refractivity contribution in [3.63, 3.8) is 0 Å². The lowest BCUT2D eigenvalue weighted by Crippen LogP contribution is -2.27. The van der Waals surface area contributed by atoms with Crippen molar-refractivity contribution < 1.29 is 4.79 Å². The number of hydrogen-bond donors (Lipinski definition) is 2. The molecule has 1 fully saturated rings. The molecule has 0 aliphatic heterocycles. The highest BCUT2D eigenvalue weighted by atomic mass is 16.2. The van der Waals surface area contributed by atoms with Gasteiger partial charge in [-0.25, -0.2) is 4.98 Å². The number of para-hydroxylation sites is 1. The van der Waals surface area contributed by atoms with Gasteiger partial charge >= 0.3 is 0 Å². The van der Waals surface area contributed by atoms with Gasteiger partial charge in [-0.1, -0.05) is 25.1 Å². The molecule has 1 aliphatic carbocycles. The number of hydrogen-bond acceptors (Lipinski definition) is 3. The summed E-state index contributed by atoms with van der Waals surface area (Å²) in [6.45, 7) is 2.12. The number of rotatable bonds is 2. The average Bonchev–Trinajstić information content (AvgIpc) is 3.05. The molecule has 3 rings (SSSR count). The smallest absolute Gasteiger partial charge is 0.270 e. The van der Waals surface area contributed by atoms with Gasteiger partial charge in [0.25, 0.3) is 5.91 Å². The van der Waals surface area contributed by atoms with Crippen molar-refractivity contribution in [3.05, 3.63) is 36.0 Å². The molecule has 1 aromatic carbocycles. The molecule has 0 bridgehead atoms. The monoisotopic (exact) mass is 241 g/mol. The summed E-state index contributed by atoms with van der Waals surface area (Å²) < 4.78 is 0. The van der Waals surface area contributed by atoms with Crippen LogP contribution in [-0.4, -0.2) is 16.9 Å².